The van der Waals surface area contributed by atoms with Gasteiger partial charge in [0.25, 0.3) is 0 Å². The maximum absolute atomic E-state index is 17.0. The summed E-state index contributed by atoms with van der Waals surface area (Å²) in [6.07, 6.45) is 4.35. The third kappa shape index (κ3) is 9.87. The van der Waals surface area contributed by atoms with E-state index in [0.717, 1.165) is 65.1 Å². The molecule has 0 aliphatic carbocycles. The molecule has 9 rings (SSSR count). The van der Waals surface area contributed by atoms with Gasteiger partial charge < -0.3 is 53.7 Å². The highest BCUT2D eigenvalue weighted by Crippen LogP contribution is 2.48. The Balaban J connectivity index is 1.05. The van der Waals surface area contributed by atoms with Crippen LogP contribution in [-0.4, -0.2) is 104 Å². The summed E-state index contributed by atoms with van der Waals surface area (Å²) in [4.78, 5) is 46.7. The van der Waals surface area contributed by atoms with E-state index in [-0.39, 0.29) is 35.9 Å². The van der Waals surface area contributed by atoms with Crippen molar-refractivity contribution in [3.05, 3.63) is 108 Å². The zero-order chi connectivity index (χ0) is 50.2. The highest BCUT2D eigenvalue weighted by Gasteiger charge is 2.39. The Hall–Kier alpha value is -6.69. The van der Waals surface area contributed by atoms with Crippen molar-refractivity contribution in [2.45, 2.75) is 104 Å². The molecule has 71 heavy (non-hydrogen) atoms. The van der Waals surface area contributed by atoms with Gasteiger partial charge in [-0.2, -0.15) is 0 Å². The van der Waals surface area contributed by atoms with Gasteiger partial charge >= 0.3 is 6.09 Å². The zero-order valence-electron chi connectivity index (χ0n) is 41.8. The van der Waals surface area contributed by atoms with Gasteiger partial charge in [-0.05, 0) is 85.9 Å². The summed E-state index contributed by atoms with van der Waals surface area (Å²) in [5.41, 5.74) is 6.41. The molecule has 16 nitrogen and oxygen atoms in total. The van der Waals surface area contributed by atoms with E-state index in [1.54, 1.807) is 11.1 Å². The molecule has 5 N–H and O–H groups in total. The molecule has 6 atom stereocenters. The summed E-state index contributed by atoms with van der Waals surface area (Å²) in [6.45, 7) is 18.5. The monoisotopic (exact) mass is 972 g/mol. The third-order valence-electron chi connectivity index (χ3n) is 13.9. The summed E-state index contributed by atoms with van der Waals surface area (Å²) in [7, 11) is 2.73. The van der Waals surface area contributed by atoms with E-state index < -0.39 is 30.6 Å². The molecule has 2 fully saturated rings. The minimum atomic E-state index is -1.11. The Bertz CT molecular complexity index is 2910. The van der Waals surface area contributed by atoms with Crippen LogP contribution in [-0.2, 0) is 14.3 Å². The van der Waals surface area contributed by atoms with Crippen LogP contribution in [0.4, 0.5) is 9.18 Å². The molecule has 6 heterocycles. The zero-order valence-corrected chi connectivity index (χ0v) is 41.8. The van der Waals surface area contributed by atoms with Crippen LogP contribution >= 0.6 is 0 Å². The van der Waals surface area contributed by atoms with Gasteiger partial charge in [0, 0.05) is 48.0 Å². The number of halogens is 1. The summed E-state index contributed by atoms with van der Waals surface area (Å²) in [5, 5.41) is 17.0. The number of alkyl carbamates (subject to hydrolysis) is 1. The standard InChI is InChI=1S/C54H66FN9O7/c1-29(2)28-70-37-14-10-13-34(22-37)52-64-41-18-17-33(39-26-56-49(58-39)42-15-11-19-62(42)32(7)47(30(3)4)60-53(66)68-8)21-36(41)24-44(64)46-38(55)23-35(25-45(46)71-52)40-27-57-50(59-40)43-16-12-20-63(43)51(65)48(31(5)6)61-54(67)69-9/h10,13-14,17-18,21-27,29-31,42-43,47-48,52-53,60,66H,7,11-12,15-16,19-20,28H2,1-6,8-9H3,(H,56,58)(H,57,59)(H,61,67)/t42-,43-,47-,48-,52?,53?/m0/s1. The number of aliphatic hydroxyl groups excluding tert-OH is 1. The van der Waals surface area contributed by atoms with Crippen LogP contribution in [0.5, 0.6) is 11.5 Å². The van der Waals surface area contributed by atoms with E-state index in [4.69, 9.17) is 28.9 Å². The van der Waals surface area contributed by atoms with Crippen molar-refractivity contribution in [1.82, 2.24) is 44.9 Å². The number of aromatic nitrogens is 5. The minimum Gasteiger partial charge on any atom is -0.493 e. The molecule has 0 bridgehead atoms. The predicted octanol–water partition coefficient (Wildman–Crippen LogP) is 9.43. The van der Waals surface area contributed by atoms with E-state index in [9.17, 15) is 14.7 Å². The molecule has 2 unspecified atom stereocenters. The molecular weight excluding hydrogens is 906 g/mol. The smallest absolute Gasteiger partial charge is 0.407 e. The molecule has 2 saturated heterocycles. The third-order valence-corrected chi connectivity index (χ3v) is 13.9. The first-order chi connectivity index (χ1) is 34.1. The van der Waals surface area contributed by atoms with Gasteiger partial charge in [0.05, 0.1) is 72.4 Å². The maximum atomic E-state index is 17.0. The molecule has 0 spiro atoms. The van der Waals surface area contributed by atoms with Crippen LogP contribution in [0.1, 0.15) is 103 Å². The lowest BCUT2D eigenvalue weighted by Crippen LogP contribution is -2.51. The number of methoxy groups -OCH3 is 2. The number of likely N-dealkylation sites (tertiary alicyclic amines) is 2. The number of imidazole rings is 2. The Morgan fingerprint density at radius 3 is 2.21 bits per heavy atom. The second kappa shape index (κ2) is 20.6. The number of carbonyl (C=O) groups excluding carboxylic acids is 2. The fourth-order valence-electron chi connectivity index (χ4n) is 10.3. The lowest BCUT2D eigenvalue weighted by Gasteiger charge is -2.35. The highest BCUT2D eigenvalue weighted by atomic mass is 19.1. The molecule has 3 aliphatic heterocycles. The number of amides is 2. The van der Waals surface area contributed by atoms with E-state index in [0.29, 0.717) is 65.3 Å². The first-order valence-electron chi connectivity index (χ1n) is 24.7. The quantitative estimate of drug-likeness (QED) is 0.0549. The average Bonchev–Trinajstić information content (AvgIpc) is 4.22. The minimum absolute atomic E-state index is 0.0265. The number of fused-ring (bicyclic) bond motifs is 5. The van der Waals surface area contributed by atoms with E-state index in [1.807, 2.05) is 73.1 Å². The lowest BCUT2D eigenvalue weighted by molar-refractivity contribution is -0.135. The number of carbonyl (C=O) groups is 2. The number of ether oxygens (including phenoxy) is 4. The molecular formula is C54H66FN9O7. The van der Waals surface area contributed by atoms with Gasteiger partial charge in [0.2, 0.25) is 18.5 Å². The Kier molecular flexibility index (Phi) is 14.3. The van der Waals surface area contributed by atoms with Crippen molar-refractivity contribution in [3.8, 4) is 45.3 Å². The van der Waals surface area contributed by atoms with Gasteiger partial charge in [-0.3, -0.25) is 10.1 Å². The SMILES string of the molecule is C=C([C@@H](NC(O)OC)C(C)C)N1CCC[C@H]1c1ncc(-c2ccc3c(c2)cc2n3C(c3cccc(OCC(C)C)c3)Oc3cc(-c4cnc([C@@H]5CCCN5C(=O)[C@@H](NC(=O)OC)C(C)C)[nH]4)cc(F)c3-2)[nH]1. The fourth-order valence-corrected chi connectivity index (χ4v) is 10.3. The number of rotatable bonds is 17. The Labute approximate surface area is 413 Å². The summed E-state index contributed by atoms with van der Waals surface area (Å²) >= 11 is 0. The van der Waals surface area contributed by atoms with Crippen molar-refractivity contribution in [1.29, 1.82) is 0 Å². The molecule has 3 aromatic heterocycles. The maximum Gasteiger partial charge on any atom is 0.407 e. The van der Waals surface area contributed by atoms with Gasteiger partial charge in [0.1, 0.15) is 35.0 Å². The normalized spacial score (nSPS) is 19.0. The molecule has 6 aromatic rings. The molecule has 376 valence electrons. The number of nitrogens with zero attached hydrogens (tertiary/aromatic N) is 5. The van der Waals surface area contributed by atoms with Gasteiger partial charge in [-0.25, -0.2) is 19.2 Å². The van der Waals surface area contributed by atoms with E-state index in [2.05, 4.69) is 65.8 Å². The van der Waals surface area contributed by atoms with Crippen LogP contribution < -0.4 is 20.1 Å². The van der Waals surface area contributed by atoms with Crippen LogP contribution in [0.15, 0.2) is 85.3 Å². The summed E-state index contributed by atoms with van der Waals surface area (Å²) in [5.74, 6) is 2.09. The average molecular weight is 972 g/mol. The predicted molar refractivity (Wildman–Crippen MR) is 268 cm³/mol. The number of hydrogen-bond donors (Lipinski definition) is 5. The van der Waals surface area contributed by atoms with Crippen LogP contribution in [0.3, 0.4) is 0 Å². The van der Waals surface area contributed by atoms with Crippen LogP contribution in [0.25, 0.3) is 44.7 Å². The van der Waals surface area contributed by atoms with Gasteiger partial charge in [-0.1, -0.05) is 66.3 Å². The molecule has 0 radical (unpaired) electrons. The number of H-pyrrole nitrogens is 2. The highest BCUT2D eigenvalue weighted by molar-refractivity contribution is 5.93. The van der Waals surface area contributed by atoms with Gasteiger partial charge in [-0.15, -0.1) is 0 Å². The number of hydrogen-bond acceptors (Lipinski definition) is 11. The van der Waals surface area contributed by atoms with Crippen molar-refractivity contribution in [2.24, 2.45) is 17.8 Å². The number of aromatic amines is 2. The largest absolute Gasteiger partial charge is 0.493 e. The first kappa shape index (κ1) is 49.3. The molecule has 2 amide bonds. The topological polar surface area (TPSA) is 184 Å². The van der Waals surface area contributed by atoms with Crippen molar-refractivity contribution < 1.29 is 38.0 Å². The van der Waals surface area contributed by atoms with Crippen LogP contribution in [0.2, 0.25) is 0 Å². The van der Waals surface area contributed by atoms with Crippen LogP contribution in [0, 0.1) is 23.6 Å². The molecule has 3 aromatic carbocycles. The van der Waals surface area contributed by atoms with Gasteiger partial charge in [0.15, 0.2) is 0 Å². The van der Waals surface area contributed by atoms with E-state index in [1.165, 1.54) is 20.3 Å². The number of aliphatic hydroxyl groups is 1. The fraction of sp³-hybridized carbons (Fsp3) is 0.444. The number of benzene rings is 3. The van der Waals surface area contributed by atoms with Crippen molar-refractivity contribution in [3.63, 3.8) is 0 Å². The Morgan fingerprint density at radius 1 is 0.873 bits per heavy atom. The summed E-state index contributed by atoms with van der Waals surface area (Å²) < 4.78 is 42.1. The molecule has 17 heteroatoms. The van der Waals surface area contributed by atoms with Crippen molar-refractivity contribution >= 4 is 22.9 Å². The molecule has 3 aliphatic rings. The molecule has 0 saturated carbocycles. The Morgan fingerprint density at radius 2 is 1.55 bits per heavy atom. The lowest BCUT2D eigenvalue weighted by atomic mass is 10.00. The second-order valence-electron chi connectivity index (χ2n) is 20.0. The second-order valence-corrected chi connectivity index (χ2v) is 20.0. The number of nitrogens with one attached hydrogen (secondary N) is 4. The first-order valence-corrected chi connectivity index (χ1v) is 24.7. The van der Waals surface area contributed by atoms with Crippen molar-refractivity contribution in [2.75, 3.05) is 33.9 Å². The van der Waals surface area contributed by atoms with E-state index >= 15 is 4.39 Å². The summed E-state index contributed by atoms with van der Waals surface area (Å²) in [6, 6.07) is 18.0.